The highest BCUT2D eigenvalue weighted by molar-refractivity contribution is 5.96. The molecule has 0 aromatic carbocycles. The van der Waals surface area contributed by atoms with E-state index in [0.717, 1.165) is 86.4 Å². The first-order valence-electron chi connectivity index (χ1n) is 15.0. The summed E-state index contributed by atoms with van der Waals surface area (Å²) in [6.07, 6.45) is 3.80. The summed E-state index contributed by atoms with van der Waals surface area (Å²) in [5, 5.41) is 20.6. The van der Waals surface area contributed by atoms with Gasteiger partial charge < -0.3 is 20.2 Å². The number of aliphatic hydroxyl groups is 1. The fourth-order valence-electron chi connectivity index (χ4n) is 7.27. The molecular weight excluding hydrogens is 512 g/mol. The second-order valence-electron chi connectivity index (χ2n) is 11.9. The quantitative estimate of drug-likeness (QED) is 0.273. The number of hydrogen-bond donors (Lipinski definition) is 4. The smallest absolute Gasteiger partial charge is 0.303 e. The van der Waals surface area contributed by atoms with Gasteiger partial charge >= 0.3 is 5.97 Å². The zero-order valence-electron chi connectivity index (χ0n) is 25.0. The van der Waals surface area contributed by atoms with Gasteiger partial charge in [0, 0.05) is 63.4 Å². The summed E-state index contributed by atoms with van der Waals surface area (Å²) in [4.78, 5) is 29.3. The molecule has 5 heterocycles. The number of nitrogens with zero attached hydrogens (tertiary/aromatic N) is 2. The minimum Gasteiger partial charge on any atom is -0.481 e. The molecule has 0 fully saturated rings. The molecule has 0 amide bonds. The van der Waals surface area contributed by atoms with E-state index in [1.165, 1.54) is 22.3 Å². The summed E-state index contributed by atoms with van der Waals surface area (Å²) in [7, 11) is 0. The molecule has 8 bridgehead atoms. The van der Waals surface area contributed by atoms with Crippen molar-refractivity contribution in [1.82, 2.24) is 19.9 Å². The molecule has 4 N–H and O–H groups in total. The monoisotopic (exact) mass is 552 g/mol. The van der Waals surface area contributed by atoms with Crippen molar-refractivity contribution in [3.8, 4) is 0 Å². The number of carbonyl (C=O) groups is 1. The Hall–Kier alpha value is -3.71. The van der Waals surface area contributed by atoms with E-state index in [-0.39, 0.29) is 12.3 Å². The van der Waals surface area contributed by atoms with Crippen LogP contribution in [0.3, 0.4) is 0 Å². The van der Waals surface area contributed by atoms with Gasteiger partial charge in [0.1, 0.15) is 0 Å². The molecule has 41 heavy (non-hydrogen) atoms. The lowest BCUT2D eigenvalue weighted by Gasteiger charge is -2.09. The summed E-state index contributed by atoms with van der Waals surface area (Å²) in [5.74, 6) is -0.603. The third-order valence-electron chi connectivity index (χ3n) is 9.43. The molecule has 7 nitrogen and oxygen atoms in total. The van der Waals surface area contributed by atoms with Crippen molar-refractivity contribution in [2.24, 2.45) is 0 Å². The molecular formula is C34H40N4O3. The highest BCUT2D eigenvalue weighted by Crippen LogP contribution is 2.43. The number of aliphatic carboxylic acids is 1. The van der Waals surface area contributed by atoms with Crippen LogP contribution in [0.5, 0.6) is 0 Å². The van der Waals surface area contributed by atoms with Gasteiger partial charge in [-0.15, -0.1) is 0 Å². The van der Waals surface area contributed by atoms with E-state index in [4.69, 9.17) is 9.97 Å². The van der Waals surface area contributed by atoms with Gasteiger partial charge in [-0.25, -0.2) is 4.98 Å². The van der Waals surface area contributed by atoms with Crippen LogP contribution in [0.25, 0.3) is 33.2 Å². The first kappa shape index (κ1) is 27.5. The molecule has 7 heteroatoms. The number of nitrogens with one attached hydrogen (secondary N) is 2. The van der Waals surface area contributed by atoms with E-state index in [1.54, 1.807) is 0 Å². The lowest BCUT2D eigenvalue weighted by atomic mass is 9.95. The molecule has 2 aliphatic heterocycles. The van der Waals surface area contributed by atoms with Gasteiger partial charge in [-0.05, 0) is 98.4 Å². The number of aliphatic hydroxyl groups excluding tert-OH is 1. The van der Waals surface area contributed by atoms with Crippen LogP contribution in [0.15, 0.2) is 12.1 Å². The van der Waals surface area contributed by atoms with E-state index < -0.39 is 12.1 Å². The molecule has 0 spiro atoms. The number of carboxylic acid groups (broad SMARTS) is 1. The third-order valence-corrected chi connectivity index (χ3v) is 9.43. The number of hydrogen-bond acceptors (Lipinski definition) is 4. The zero-order valence-corrected chi connectivity index (χ0v) is 25.0. The number of aryl methyl sites for hydroxylation is 5. The molecule has 214 valence electrons. The van der Waals surface area contributed by atoms with Crippen LogP contribution in [-0.4, -0.2) is 42.2 Å². The summed E-state index contributed by atoms with van der Waals surface area (Å²) in [6, 6.07) is 4.37. The van der Waals surface area contributed by atoms with Crippen molar-refractivity contribution in [2.45, 2.75) is 98.5 Å². The van der Waals surface area contributed by atoms with E-state index in [1.807, 2.05) is 0 Å². The van der Waals surface area contributed by atoms with E-state index in [9.17, 15) is 15.0 Å². The number of carboxylic acids is 1. The van der Waals surface area contributed by atoms with Gasteiger partial charge in [0.2, 0.25) is 0 Å². The molecule has 0 radical (unpaired) electrons. The number of aromatic nitrogens is 4. The minimum atomic E-state index is -0.781. The Balaban J connectivity index is 1.78. The zero-order chi connectivity index (χ0) is 29.2. The average molecular weight is 553 g/mol. The van der Waals surface area contributed by atoms with Crippen molar-refractivity contribution in [3.05, 3.63) is 68.3 Å². The lowest BCUT2D eigenvalue weighted by molar-refractivity contribution is -0.137. The first-order chi connectivity index (χ1) is 19.6. The van der Waals surface area contributed by atoms with Crippen LogP contribution >= 0.6 is 0 Å². The molecule has 1 unspecified atom stereocenters. The van der Waals surface area contributed by atoms with Gasteiger partial charge in [0.25, 0.3) is 0 Å². The number of allylic oxidation sites excluding steroid dienone is 1. The van der Waals surface area contributed by atoms with Crippen molar-refractivity contribution < 1.29 is 15.0 Å². The maximum absolute atomic E-state index is 11.4. The van der Waals surface area contributed by atoms with Crippen molar-refractivity contribution in [1.29, 1.82) is 0 Å². The topological polar surface area (TPSA) is 115 Å². The van der Waals surface area contributed by atoms with Crippen LogP contribution in [0.4, 0.5) is 0 Å². The second kappa shape index (κ2) is 10.3. The largest absolute Gasteiger partial charge is 0.481 e. The van der Waals surface area contributed by atoms with E-state index in [0.29, 0.717) is 19.3 Å². The molecule has 3 aliphatic rings. The molecule has 0 saturated heterocycles. The van der Waals surface area contributed by atoms with Crippen molar-refractivity contribution >= 4 is 39.2 Å². The molecule has 6 rings (SSSR count). The highest BCUT2D eigenvalue weighted by Gasteiger charge is 2.35. The minimum absolute atomic E-state index is 0.119. The normalized spacial score (nSPS) is 18.0. The standard InChI is InChI=1S/C34H40N4O3/c1-7-20-17(4)24-14-28-21(8-2)18(5)33(38-28)22(10-9-11-30(40)41)32-16(3)12-26(37-32)23-13-29(39)31-19(6)25(36-34(23)31)15-27(20)35-24/h14-16,29,35,38-39H,7-13H2,1-6H3,(H,40,41)/t16-,29?/m0/s1. The molecule has 3 aromatic rings. The van der Waals surface area contributed by atoms with Gasteiger partial charge in [-0.2, -0.15) is 0 Å². The third kappa shape index (κ3) is 4.42. The van der Waals surface area contributed by atoms with Crippen LogP contribution < -0.4 is 0 Å². The number of rotatable bonds is 6. The SMILES string of the molecule is CCc1c(C)c2cc3[nH]c(c(C)c3CC)c(CCCC(=O)O)c3nc(c4c5nc(cc1[nH]2)C(C)=C5C(O)C4)C[C@@H]3C. The summed E-state index contributed by atoms with van der Waals surface area (Å²) < 4.78 is 0. The lowest BCUT2D eigenvalue weighted by Crippen LogP contribution is -2.05. The molecule has 2 atom stereocenters. The van der Waals surface area contributed by atoms with E-state index in [2.05, 4.69) is 63.6 Å². The van der Waals surface area contributed by atoms with E-state index >= 15 is 0 Å². The Morgan fingerprint density at radius 2 is 1.66 bits per heavy atom. The van der Waals surface area contributed by atoms with Crippen LogP contribution in [0, 0.1) is 13.8 Å². The Labute approximate surface area is 240 Å². The molecule has 3 aromatic heterocycles. The fourth-order valence-corrected chi connectivity index (χ4v) is 7.27. The maximum atomic E-state index is 11.4. The van der Waals surface area contributed by atoms with Gasteiger partial charge in [0.15, 0.2) is 0 Å². The second-order valence-corrected chi connectivity index (χ2v) is 11.9. The Kier molecular flexibility index (Phi) is 6.89. The maximum Gasteiger partial charge on any atom is 0.303 e. The predicted molar refractivity (Wildman–Crippen MR) is 164 cm³/mol. The Bertz CT molecular complexity index is 1790. The van der Waals surface area contributed by atoms with Crippen LogP contribution in [0.1, 0.15) is 103 Å². The highest BCUT2D eigenvalue weighted by atomic mass is 16.4. The van der Waals surface area contributed by atoms with Gasteiger partial charge in [-0.3, -0.25) is 9.78 Å². The van der Waals surface area contributed by atoms with Gasteiger partial charge in [0.05, 0.1) is 17.5 Å². The number of aromatic amines is 2. The van der Waals surface area contributed by atoms with Crippen LogP contribution in [0.2, 0.25) is 0 Å². The number of fused-ring (bicyclic) bond motifs is 8. The summed E-state index contributed by atoms with van der Waals surface area (Å²) in [6.45, 7) is 13.0. The number of H-pyrrole nitrogens is 2. The van der Waals surface area contributed by atoms with Crippen molar-refractivity contribution in [2.75, 3.05) is 0 Å². The van der Waals surface area contributed by atoms with Crippen LogP contribution in [-0.2, 0) is 36.9 Å². The first-order valence-corrected chi connectivity index (χ1v) is 15.0. The molecule has 1 aliphatic carbocycles. The summed E-state index contributed by atoms with van der Waals surface area (Å²) in [5.41, 5.74) is 17.1. The molecule has 0 saturated carbocycles. The summed E-state index contributed by atoms with van der Waals surface area (Å²) >= 11 is 0. The Morgan fingerprint density at radius 3 is 2.37 bits per heavy atom. The Morgan fingerprint density at radius 1 is 0.951 bits per heavy atom. The predicted octanol–water partition coefficient (Wildman–Crippen LogP) is 6.66. The fraction of sp³-hybridized carbons (Fsp3) is 0.441. The average Bonchev–Trinajstić information content (AvgIpc) is 3.69. The van der Waals surface area contributed by atoms with Crippen molar-refractivity contribution in [3.63, 3.8) is 0 Å². The van der Waals surface area contributed by atoms with Gasteiger partial charge in [-0.1, -0.05) is 20.8 Å².